The standard InChI is InChI=1S/C22H24N2O3/c1-13-14(2)20-16(15(3)19(13)24(25)26)11-12-22(27-20)21(4,5)17-9-7-8-10-18(17)23(22)6/h7-12H,1-6H3. The minimum absolute atomic E-state index is 0.178. The number of benzene rings is 2. The van der Waals surface area contributed by atoms with Gasteiger partial charge in [0.15, 0.2) is 0 Å². The Hall–Kier alpha value is -2.82. The smallest absolute Gasteiger partial charge is 0.276 e. The van der Waals surface area contributed by atoms with Gasteiger partial charge in [0.1, 0.15) is 5.75 Å². The van der Waals surface area contributed by atoms with Crippen molar-refractivity contribution in [2.24, 2.45) is 0 Å². The summed E-state index contributed by atoms with van der Waals surface area (Å²) in [4.78, 5) is 13.4. The van der Waals surface area contributed by atoms with Crippen LogP contribution in [0.15, 0.2) is 30.3 Å². The van der Waals surface area contributed by atoms with Gasteiger partial charge in [-0.05, 0) is 58.4 Å². The Morgan fingerprint density at radius 2 is 1.74 bits per heavy atom. The van der Waals surface area contributed by atoms with Crippen LogP contribution >= 0.6 is 0 Å². The third-order valence-electron chi connectivity index (χ3n) is 6.51. The molecule has 0 aliphatic carbocycles. The van der Waals surface area contributed by atoms with E-state index in [9.17, 15) is 10.1 Å². The molecule has 0 N–H and O–H groups in total. The number of nitro benzene ring substituents is 1. The van der Waals surface area contributed by atoms with Crippen molar-refractivity contribution in [3.63, 3.8) is 0 Å². The molecule has 5 nitrogen and oxygen atoms in total. The number of likely N-dealkylation sites (N-methyl/N-ethyl adjacent to an activating group) is 1. The van der Waals surface area contributed by atoms with Crippen LogP contribution in [0.5, 0.6) is 5.75 Å². The molecule has 1 atom stereocenters. The van der Waals surface area contributed by atoms with Crippen LogP contribution in [0.1, 0.15) is 41.7 Å². The van der Waals surface area contributed by atoms with Crippen LogP contribution in [-0.2, 0) is 5.41 Å². The fourth-order valence-electron chi connectivity index (χ4n) is 4.72. The van der Waals surface area contributed by atoms with E-state index in [1.54, 1.807) is 13.8 Å². The molecule has 5 heteroatoms. The van der Waals surface area contributed by atoms with E-state index in [1.807, 2.05) is 26.1 Å². The van der Waals surface area contributed by atoms with Crippen LogP contribution in [0.4, 0.5) is 11.4 Å². The van der Waals surface area contributed by atoms with E-state index in [0.29, 0.717) is 11.1 Å². The van der Waals surface area contributed by atoms with Crippen LogP contribution < -0.4 is 9.64 Å². The van der Waals surface area contributed by atoms with Gasteiger partial charge in [-0.1, -0.05) is 18.2 Å². The zero-order chi connectivity index (χ0) is 19.7. The lowest BCUT2D eigenvalue weighted by atomic mass is 9.76. The highest BCUT2D eigenvalue weighted by Crippen LogP contribution is 2.55. The third kappa shape index (κ3) is 2.00. The van der Waals surface area contributed by atoms with Crippen molar-refractivity contribution < 1.29 is 9.66 Å². The van der Waals surface area contributed by atoms with Crippen LogP contribution in [0.2, 0.25) is 0 Å². The first-order valence-electron chi connectivity index (χ1n) is 9.13. The number of nitrogens with zero attached hydrogens (tertiary/aromatic N) is 2. The van der Waals surface area contributed by atoms with Crippen molar-refractivity contribution >= 4 is 17.5 Å². The highest BCUT2D eigenvalue weighted by atomic mass is 16.6. The predicted octanol–water partition coefficient (Wildman–Crippen LogP) is 5.05. The monoisotopic (exact) mass is 364 g/mol. The van der Waals surface area contributed by atoms with E-state index < -0.39 is 5.72 Å². The number of nitro groups is 1. The number of fused-ring (bicyclic) bond motifs is 2. The molecule has 0 saturated heterocycles. The summed E-state index contributed by atoms with van der Waals surface area (Å²) in [5.74, 6) is 0.742. The number of ether oxygens (including phenoxy) is 1. The molecule has 0 saturated carbocycles. The van der Waals surface area contributed by atoms with Crippen molar-refractivity contribution in [2.75, 3.05) is 11.9 Å². The first kappa shape index (κ1) is 17.6. The summed E-state index contributed by atoms with van der Waals surface area (Å²) in [6.07, 6.45) is 4.05. The fourth-order valence-corrected chi connectivity index (χ4v) is 4.72. The predicted molar refractivity (Wildman–Crippen MR) is 108 cm³/mol. The molecule has 2 heterocycles. The van der Waals surface area contributed by atoms with Crippen molar-refractivity contribution in [2.45, 2.75) is 45.8 Å². The first-order valence-corrected chi connectivity index (χ1v) is 9.13. The van der Waals surface area contributed by atoms with Gasteiger partial charge in [0.05, 0.1) is 10.3 Å². The lowest BCUT2D eigenvalue weighted by Gasteiger charge is -2.46. The minimum Gasteiger partial charge on any atom is -0.462 e. The van der Waals surface area contributed by atoms with Crippen LogP contribution in [-0.4, -0.2) is 17.7 Å². The Bertz CT molecular complexity index is 1020. The molecule has 0 amide bonds. The molecule has 140 valence electrons. The molecule has 2 aromatic rings. The van der Waals surface area contributed by atoms with Gasteiger partial charge >= 0.3 is 0 Å². The quantitative estimate of drug-likeness (QED) is 0.525. The molecule has 1 spiro atoms. The maximum absolute atomic E-state index is 11.6. The fraction of sp³-hybridized carbons (Fsp3) is 0.364. The summed E-state index contributed by atoms with van der Waals surface area (Å²) in [5.41, 5.74) is 4.53. The molecule has 2 aliphatic rings. The normalized spacial score (nSPS) is 21.8. The topological polar surface area (TPSA) is 55.6 Å². The number of anilines is 1. The highest BCUT2D eigenvalue weighted by Gasteiger charge is 2.57. The summed E-state index contributed by atoms with van der Waals surface area (Å²) >= 11 is 0. The first-order chi connectivity index (χ1) is 12.6. The molecule has 2 aromatic carbocycles. The maximum atomic E-state index is 11.6. The molecule has 2 aliphatic heterocycles. The Morgan fingerprint density at radius 1 is 1.07 bits per heavy atom. The zero-order valence-corrected chi connectivity index (χ0v) is 16.6. The Labute approximate surface area is 159 Å². The second-order valence-corrected chi connectivity index (χ2v) is 8.06. The van der Waals surface area contributed by atoms with Gasteiger partial charge in [-0.3, -0.25) is 10.1 Å². The summed E-state index contributed by atoms with van der Waals surface area (Å²) < 4.78 is 6.73. The van der Waals surface area contributed by atoms with Gasteiger partial charge in [0.2, 0.25) is 5.72 Å². The highest BCUT2D eigenvalue weighted by molar-refractivity contribution is 5.77. The van der Waals surface area contributed by atoms with Gasteiger partial charge < -0.3 is 9.64 Å². The maximum Gasteiger partial charge on any atom is 0.276 e. The molecular formula is C22H24N2O3. The van der Waals surface area contributed by atoms with Crippen LogP contribution in [0.3, 0.4) is 0 Å². The number of rotatable bonds is 1. The molecule has 0 bridgehead atoms. The lowest BCUT2D eigenvalue weighted by molar-refractivity contribution is -0.386. The lowest BCUT2D eigenvalue weighted by Crippen LogP contribution is -2.58. The van der Waals surface area contributed by atoms with Crippen LogP contribution in [0.25, 0.3) is 6.08 Å². The Balaban J connectivity index is 1.95. The number of para-hydroxylation sites is 1. The van der Waals surface area contributed by atoms with E-state index in [0.717, 1.165) is 22.6 Å². The van der Waals surface area contributed by atoms with Gasteiger partial charge in [-0.15, -0.1) is 0 Å². The second kappa shape index (κ2) is 5.35. The van der Waals surface area contributed by atoms with Crippen molar-refractivity contribution in [3.05, 3.63) is 68.3 Å². The molecule has 1 unspecified atom stereocenters. The number of hydrogen-bond donors (Lipinski definition) is 0. The molecular weight excluding hydrogens is 340 g/mol. The second-order valence-electron chi connectivity index (χ2n) is 8.06. The number of hydrogen-bond acceptors (Lipinski definition) is 4. The van der Waals surface area contributed by atoms with E-state index in [2.05, 4.69) is 43.0 Å². The van der Waals surface area contributed by atoms with Gasteiger partial charge in [0, 0.05) is 35.0 Å². The molecule has 0 radical (unpaired) electrons. The average Bonchev–Trinajstić information content (AvgIpc) is 2.79. The van der Waals surface area contributed by atoms with E-state index >= 15 is 0 Å². The summed E-state index contributed by atoms with van der Waals surface area (Å²) in [5, 5.41) is 11.6. The molecule has 27 heavy (non-hydrogen) atoms. The minimum atomic E-state index is -0.677. The summed E-state index contributed by atoms with van der Waals surface area (Å²) in [6.45, 7) is 9.87. The van der Waals surface area contributed by atoms with Gasteiger partial charge in [0.25, 0.3) is 5.69 Å². The van der Waals surface area contributed by atoms with E-state index in [4.69, 9.17) is 4.74 Å². The molecule has 0 fully saturated rings. The van der Waals surface area contributed by atoms with Crippen molar-refractivity contribution in [3.8, 4) is 5.75 Å². The summed E-state index contributed by atoms with van der Waals surface area (Å²) in [7, 11) is 2.04. The average molecular weight is 364 g/mol. The van der Waals surface area contributed by atoms with E-state index in [-0.39, 0.29) is 16.0 Å². The zero-order valence-electron chi connectivity index (χ0n) is 16.6. The van der Waals surface area contributed by atoms with Crippen molar-refractivity contribution in [1.82, 2.24) is 0 Å². The third-order valence-corrected chi connectivity index (χ3v) is 6.51. The molecule has 4 rings (SSSR count). The van der Waals surface area contributed by atoms with Crippen molar-refractivity contribution in [1.29, 1.82) is 0 Å². The van der Waals surface area contributed by atoms with Crippen LogP contribution in [0, 0.1) is 30.9 Å². The van der Waals surface area contributed by atoms with E-state index in [1.165, 1.54) is 5.56 Å². The Kier molecular flexibility index (Phi) is 3.48. The van der Waals surface area contributed by atoms with Gasteiger partial charge in [-0.2, -0.15) is 0 Å². The summed E-state index contributed by atoms with van der Waals surface area (Å²) in [6, 6.07) is 8.34. The SMILES string of the molecule is Cc1c(C)c([N+](=O)[O-])c(C)c2c1OC1(C=C2)N(C)c2ccccc2C1(C)C. The largest absolute Gasteiger partial charge is 0.462 e. The Morgan fingerprint density at radius 3 is 2.37 bits per heavy atom. The molecule has 0 aromatic heterocycles. The van der Waals surface area contributed by atoms with Gasteiger partial charge in [-0.25, -0.2) is 0 Å².